The molecule has 0 bridgehead atoms. The van der Waals surface area contributed by atoms with Crippen LogP contribution in [0.25, 0.3) is 0 Å². The van der Waals surface area contributed by atoms with Crippen LogP contribution in [-0.4, -0.2) is 16.1 Å². The highest BCUT2D eigenvalue weighted by atomic mass is 28.3. The Hall–Kier alpha value is 0.434. The summed E-state index contributed by atoms with van der Waals surface area (Å²) in [5.74, 6) is 16.3. The summed E-state index contributed by atoms with van der Waals surface area (Å²) in [7, 11) is -2.64. The quantitative estimate of drug-likeness (QED) is 0.243. The molecule has 16 unspecified atom stereocenters. The van der Waals surface area contributed by atoms with Crippen molar-refractivity contribution >= 4 is 16.1 Å². The van der Waals surface area contributed by atoms with Crippen LogP contribution in [0.1, 0.15) is 145 Å². The first-order valence-electron chi connectivity index (χ1n) is 22.7. The maximum Gasteiger partial charge on any atom is 0.0544 e. The van der Waals surface area contributed by atoms with Gasteiger partial charge in [-0.05, 0) is 168 Å². The topological polar surface area (TPSA) is 0 Å². The summed E-state index contributed by atoms with van der Waals surface area (Å²) >= 11 is 0. The van der Waals surface area contributed by atoms with Gasteiger partial charge in [-0.25, -0.2) is 0 Å². The number of hydrogen-bond donors (Lipinski definition) is 0. The van der Waals surface area contributed by atoms with E-state index in [0.29, 0.717) is 0 Å². The van der Waals surface area contributed by atoms with Gasteiger partial charge < -0.3 is 0 Å². The number of rotatable bonds is 6. The zero-order chi connectivity index (χ0) is 34.4. The molecule has 7 rings (SSSR count). The van der Waals surface area contributed by atoms with Gasteiger partial charge in [-0.15, -0.1) is 0 Å². The van der Waals surface area contributed by atoms with E-state index >= 15 is 0 Å². The molecule has 0 aliphatic heterocycles. The molecule has 0 saturated heterocycles. The van der Waals surface area contributed by atoms with Crippen molar-refractivity contribution in [2.24, 2.45) is 94.7 Å². The summed E-state index contributed by atoms with van der Waals surface area (Å²) < 4.78 is 0. The summed E-state index contributed by atoms with van der Waals surface area (Å²) in [6.45, 7) is 32.6. The standard InChI is InChI=1S/C46H84Si2/c1-27-28(2)32(6)45(31(27)5)47(9,10)43-25-23-39-37(15-13-17-41(39)43)35-19-21-36(22-20-35)38-16-14-18-42-40(38)24-26-44(42)48(11,12)46-33(7)29(3)30(4)34(46)8/h27-46H,13-26H2,1-12H3. The van der Waals surface area contributed by atoms with Crippen LogP contribution in [-0.2, 0) is 0 Å². The second-order valence-electron chi connectivity index (χ2n) is 22.5. The van der Waals surface area contributed by atoms with Crippen LogP contribution in [0.5, 0.6) is 0 Å². The molecular formula is C46H84Si2. The van der Waals surface area contributed by atoms with E-state index < -0.39 is 16.1 Å². The predicted molar refractivity (Wildman–Crippen MR) is 216 cm³/mol. The van der Waals surface area contributed by atoms with Crippen LogP contribution in [0.3, 0.4) is 0 Å². The Balaban J connectivity index is 0.980. The van der Waals surface area contributed by atoms with Crippen molar-refractivity contribution in [2.45, 2.75) is 194 Å². The zero-order valence-electron chi connectivity index (χ0n) is 34.4. The van der Waals surface area contributed by atoms with Crippen LogP contribution in [0.2, 0.25) is 48.4 Å². The lowest BCUT2D eigenvalue weighted by molar-refractivity contribution is 0.0478. The van der Waals surface area contributed by atoms with Crippen molar-refractivity contribution in [3.8, 4) is 0 Å². The Morgan fingerprint density at radius 3 is 0.896 bits per heavy atom. The van der Waals surface area contributed by atoms with Crippen molar-refractivity contribution < 1.29 is 0 Å². The molecule has 0 nitrogen and oxygen atoms in total. The van der Waals surface area contributed by atoms with Gasteiger partial charge in [-0.2, -0.15) is 0 Å². The Morgan fingerprint density at radius 1 is 0.292 bits per heavy atom. The lowest BCUT2D eigenvalue weighted by Crippen LogP contribution is -2.46. The van der Waals surface area contributed by atoms with Crippen molar-refractivity contribution in [1.82, 2.24) is 0 Å². The monoisotopic (exact) mass is 693 g/mol. The maximum absolute atomic E-state index is 2.89. The first-order chi connectivity index (χ1) is 22.7. The summed E-state index contributed by atoms with van der Waals surface area (Å²) in [5.41, 5.74) is 4.36. The van der Waals surface area contributed by atoms with Crippen LogP contribution in [0.4, 0.5) is 0 Å². The molecule has 0 amide bonds. The average Bonchev–Trinajstić information content (AvgIpc) is 3.80. The third-order valence-electron chi connectivity index (χ3n) is 20.9. The first-order valence-corrected chi connectivity index (χ1v) is 29.0. The summed E-state index contributed by atoms with van der Waals surface area (Å²) in [4.78, 5) is 0. The molecule has 0 aromatic rings. The Morgan fingerprint density at radius 2 is 0.583 bits per heavy atom. The van der Waals surface area contributed by atoms with E-state index in [-0.39, 0.29) is 0 Å². The molecule has 0 aromatic carbocycles. The molecule has 48 heavy (non-hydrogen) atoms. The SMILES string of the molecule is CC1C(C)C(C)C([Si](C)(C)C2CCC3C(C4CCC(C5CCCC6C5CCC6[Si](C)(C)C5C(C)C(C)C(C)C5C)CC4)CCCC32)C1C. The summed E-state index contributed by atoms with van der Waals surface area (Å²) in [6, 6.07) is 0. The number of hydrogen-bond acceptors (Lipinski definition) is 0. The minimum absolute atomic E-state index is 0.929. The van der Waals surface area contributed by atoms with Gasteiger partial charge in [0.1, 0.15) is 0 Å². The maximum atomic E-state index is 2.89. The first kappa shape index (κ1) is 36.8. The molecule has 0 heterocycles. The van der Waals surface area contributed by atoms with E-state index in [0.717, 1.165) is 117 Å². The van der Waals surface area contributed by atoms with Gasteiger partial charge in [0.25, 0.3) is 0 Å². The van der Waals surface area contributed by atoms with Crippen LogP contribution in [0, 0.1) is 94.7 Å². The fourth-order valence-corrected chi connectivity index (χ4v) is 30.6. The molecular weight excluding hydrogens is 609 g/mol. The molecule has 16 atom stereocenters. The van der Waals surface area contributed by atoms with Gasteiger partial charge in [-0.3, -0.25) is 0 Å². The molecule has 0 aromatic heterocycles. The van der Waals surface area contributed by atoms with E-state index in [2.05, 4.69) is 81.6 Å². The summed E-state index contributed by atoms with van der Waals surface area (Å²) in [6.07, 6.45) is 22.4. The van der Waals surface area contributed by atoms with E-state index in [1.165, 1.54) is 0 Å². The second kappa shape index (κ2) is 13.7. The molecule has 276 valence electrons. The predicted octanol–water partition coefficient (Wildman–Crippen LogP) is 14.5. The molecule has 7 aliphatic rings. The van der Waals surface area contributed by atoms with Gasteiger partial charge in [0.2, 0.25) is 0 Å². The molecule has 7 aliphatic carbocycles. The van der Waals surface area contributed by atoms with Gasteiger partial charge >= 0.3 is 0 Å². The molecule has 7 saturated carbocycles. The van der Waals surface area contributed by atoms with Gasteiger partial charge in [-0.1, -0.05) is 120 Å². The minimum atomic E-state index is -1.32. The lowest BCUT2D eigenvalue weighted by Gasteiger charge is -2.49. The third-order valence-corrected chi connectivity index (χ3v) is 31.7. The zero-order valence-corrected chi connectivity index (χ0v) is 36.4. The van der Waals surface area contributed by atoms with Crippen molar-refractivity contribution in [3.05, 3.63) is 0 Å². The Bertz CT molecular complexity index is 987. The van der Waals surface area contributed by atoms with E-state index in [1.54, 1.807) is 89.9 Å². The van der Waals surface area contributed by atoms with E-state index in [1.807, 2.05) is 0 Å². The minimum Gasteiger partial charge on any atom is -0.0689 e. The van der Waals surface area contributed by atoms with Crippen molar-refractivity contribution in [1.29, 1.82) is 0 Å². The number of fused-ring (bicyclic) bond motifs is 2. The summed E-state index contributed by atoms with van der Waals surface area (Å²) in [5, 5.41) is 0. The second-order valence-corrected chi connectivity index (χ2v) is 32.6. The van der Waals surface area contributed by atoms with Crippen molar-refractivity contribution in [3.63, 3.8) is 0 Å². The highest BCUT2D eigenvalue weighted by Crippen LogP contribution is 2.66. The van der Waals surface area contributed by atoms with Crippen molar-refractivity contribution in [2.75, 3.05) is 0 Å². The fourth-order valence-electron chi connectivity index (χ4n) is 18.1. The largest absolute Gasteiger partial charge is 0.0689 e. The smallest absolute Gasteiger partial charge is 0.0544 e. The third kappa shape index (κ3) is 5.81. The molecule has 2 heteroatoms. The highest BCUT2D eigenvalue weighted by Gasteiger charge is 2.59. The van der Waals surface area contributed by atoms with E-state index in [9.17, 15) is 0 Å². The molecule has 0 radical (unpaired) electrons. The Labute approximate surface area is 303 Å². The average molecular weight is 693 g/mol. The van der Waals surface area contributed by atoms with Gasteiger partial charge in [0.05, 0.1) is 16.1 Å². The molecule has 0 N–H and O–H groups in total. The van der Waals surface area contributed by atoms with Crippen LogP contribution < -0.4 is 0 Å². The van der Waals surface area contributed by atoms with E-state index in [4.69, 9.17) is 0 Å². The fraction of sp³-hybridized carbons (Fsp3) is 1.00. The van der Waals surface area contributed by atoms with Gasteiger partial charge in [0, 0.05) is 0 Å². The van der Waals surface area contributed by atoms with Crippen LogP contribution in [0.15, 0.2) is 0 Å². The highest BCUT2D eigenvalue weighted by molar-refractivity contribution is 6.81. The normalized spacial score (nSPS) is 54.8. The Kier molecular flexibility index (Phi) is 10.5. The lowest BCUT2D eigenvalue weighted by atomic mass is 9.60. The molecule has 7 fully saturated rings. The molecule has 0 spiro atoms. The van der Waals surface area contributed by atoms with Gasteiger partial charge in [0.15, 0.2) is 0 Å². The van der Waals surface area contributed by atoms with Crippen LogP contribution >= 0.6 is 0 Å².